The molecule has 0 fully saturated rings. The van der Waals surface area contributed by atoms with Crippen LogP contribution in [-0.4, -0.2) is 14.3 Å². The second-order valence-electron chi connectivity index (χ2n) is 6.88. The highest BCUT2D eigenvalue weighted by Crippen LogP contribution is 2.23. The highest BCUT2D eigenvalue weighted by atomic mass is 32.2. The van der Waals surface area contributed by atoms with Gasteiger partial charge in [0.15, 0.2) is 0 Å². The van der Waals surface area contributed by atoms with Crippen molar-refractivity contribution in [3.05, 3.63) is 100.0 Å². The maximum atomic E-state index is 12.8. The third kappa shape index (κ3) is 4.83. The minimum atomic E-state index is -3.94. The number of nitrogens with zero attached hydrogens (tertiary/aromatic N) is 1. The number of carbonyl (C=O) groups excluding carboxylic acids is 1. The number of amides is 1. The number of carbonyl (C=O) groups is 1. The highest BCUT2D eigenvalue weighted by Gasteiger charge is 2.20. The Labute approximate surface area is 176 Å². The number of aryl methyl sites for hydroxylation is 2. The molecular weight excluding hydrogens is 396 g/mol. The molecule has 30 heavy (non-hydrogen) atoms. The number of benzene rings is 3. The number of sulfone groups is 1. The van der Waals surface area contributed by atoms with Gasteiger partial charge in [0.2, 0.25) is 9.84 Å². The molecule has 3 aromatic carbocycles. The van der Waals surface area contributed by atoms with Gasteiger partial charge in [-0.15, -0.1) is 0 Å². The normalized spacial score (nSPS) is 11.6. The van der Waals surface area contributed by atoms with Gasteiger partial charge < -0.3 is 5.32 Å². The van der Waals surface area contributed by atoms with Crippen LogP contribution in [0.15, 0.2) is 82.6 Å². The van der Waals surface area contributed by atoms with Crippen molar-refractivity contribution >= 4 is 27.5 Å². The van der Waals surface area contributed by atoms with Crippen molar-refractivity contribution in [2.45, 2.75) is 18.7 Å². The fraction of sp³-hybridized carbons (Fsp3) is 0.0833. The summed E-state index contributed by atoms with van der Waals surface area (Å²) in [7, 11) is -3.94. The van der Waals surface area contributed by atoms with Crippen LogP contribution in [0.2, 0.25) is 0 Å². The van der Waals surface area contributed by atoms with E-state index in [4.69, 9.17) is 0 Å². The first kappa shape index (κ1) is 21.0. The van der Waals surface area contributed by atoms with E-state index in [1.807, 2.05) is 26.0 Å². The fourth-order valence-electron chi connectivity index (χ4n) is 2.78. The average molecular weight is 417 g/mol. The predicted molar refractivity (Wildman–Crippen MR) is 118 cm³/mol. The number of nitrogens with one attached hydrogen (secondary N) is 1. The third-order valence-electron chi connectivity index (χ3n) is 4.49. The van der Waals surface area contributed by atoms with Gasteiger partial charge in [-0.05, 0) is 61.9 Å². The van der Waals surface area contributed by atoms with E-state index in [-0.39, 0.29) is 15.7 Å². The molecule has 0 radical (unpaired) electrons. The molecule has 0 atom stereocenters. The summed E-state index contributed by atoms with van der Waals surface area (Å²) in [5, 5.41) is 12.2. The summed E-state index contributed by atoms with van der Waals surface area (Å²) in [4.78, 5) is 12.1. The largest absolute Gasteiger partial charge is 0.322 e. The van der Waals surface area contributed by atoms with Crippen molar-refractivity contribution in [2.24, 2.45) is 0 Å². The maximum absolute atomic E-state index is 12.8. The zero-order valence-corrected chi connectivity index (χ0v) is 17.4. The van der Waals surface area contributed by atoms with E-state index in [1.54, 1.807) is 54.6 Å². The lowest BCUT2D eigenvalue weighted by atomic mass is 10.1. The van der Waals surface area contributed by atoms with E-state index in [9.17, 15) is 18.5 Å². The smallest absolute Gasteiger partial charge is 0.255 e. The molecule has 150 valence electrons. The van der Waals surface area contributed by atoms with Crippen molar-refractivity contribution in [1.82, 2.24) is 0 Å². The van der Waals surface area contributed by atoms with Crippen molar-refractivity contribution in [2.75, 3.05) is 5.32 Å². The summed E-state index contributed by atoms with van der Waals surface area (Å²) in [6.07, 6.45) is 1.30. The Balaban J connectivity index is 1.87. The molecule has 0 aliphatic carbocycles. The van der Waals surface area contributed by atoms with Crippen molar-refractivity contribution in [3.63, 3.8) is 0 Å². The Bertz CT molecular complexity index is 1250. The van der Waals surface area contributed by atoms with Crippen LogP contribution in [0.4, 0.5) is 5.69 Å². The van der Waals surface area contributed by atoms with Gasteiger partial charge in [-0.25, -0.2) is 8.42 Å². The molecule has 0 unspecified atom stereocenters. The summed E-state index contributed by atoms with van der Waals surface area (Å²) in [5.41, 5.74) is 3.48. The lowest BCUT2D eigenvalue weighted by molar-refractivity contribution is 0.102. The topological polar surface area (TPSA) is 87.0 Å². The van der Waals surface area contributed by atoms with Gasteiger partial charge in [-0.1, -0.05) is 47.5 Å². The molecular formula is C24H20N2O3S. The van der Waals surface area contributed by atoms with E-state index in [2.05, 4.69) is 5.32 Å². The molecule has 1 N–H and O–H groups in total. The number of rotatable bonds is 5. The van der Waals surface area contributed by atoms with Gasteiger partial charge in [0.25, 0.3) is 5.91 Å². The Hall–Kier alpha value is -3.69. The van der Waals surface area contributed by atoms with Crippen LogP contribution in [0.3, 0.4) is 0 Å². The molecule has 1 amide bonds. The number of nitriles is 1. The van der Waals surface area contributed by atoms with E-state index >= 15 is 0 Å². The van der Waals surface area contributed by atoms with Crippen molar-refractivity contribution in [3.8, 4) is 6.07 Å². The summed E-state index contributed by atoms with van der Waals surface area (Å²) < 4.78 is 25.6. The standard InChI is InChI=1S/C24H20N2O3S/c1-17-6-10-20(11-7-17)24(27)26-21-5-3-4-19(14-21)15-23(16-25)30(28,29)22-12-8-18(2)9-13-22/h3-15H,1-2H3,(H,26,27)/b23-15+. The molecule has 0 heterocycles. The monoisotopic (exact) mass is 416 g/mol. The van der Waals surface area contributed by atoms with Crippen LogP contribution in [-0.2, 0) is 9.84 Å². The van der Waals surface area contributed by atoms with Crippen LogP contribution >= 0.6 is 0 Å². The average Bonchev–Trinajstić information content (AvgIpc) is 2.73. The minimum absolute atomic E-state index is 0.0599. The fourth-order valence-corrected chi connectivity index (χ4v) is 3.94. The van der Waals surface area contributed by atoms with Crippen LogP contribution < -0.4 is 5.32 Å². The van der Waals surface area contributed by atoms with Crippen LogP contribution in [0.25, 0.3) is 6.08 Å². The molecule has 3 aromatic rings. The zero-order chi connectivity index (χ0) is 21.7. The molecule has 3 rings (SSSR count). The molecule has 0 bridgehead atoms. The first-order valence-electron chi connectivity index (χ1n) is 9.21. The molecule has 0 aliphatic heterocycles. The molecule has 6 heteroatoms. The molecule has 5 nitrogen and oxygen atoms in total. The van der Waals surface area contributed by atoms with Crippen LogP contribution in [0, 0.1) is 25.2 Å². The number of hydrogen-bond donors (Lipinski definition) is 1. The minimum Gasteiger partial charge on any atom is -0.322 e. The van der Waals surface area contributed by atoms with Gasteiger partial charge in [0, 0.05) is 11.3 Å². The Morgan fingerprint density at radius 2 is 1.53 bits per heavy atom. The predicted octanol–water partition coefficient (Wildman–Crippen LogP) is 4.89. The summed E-state index contributed by atoms with van der Waals surface area (Å²) >= 11 is 0. The van der Waals surface area contributed by atoms with Crippen LogP contribution in [0.1, 0.15) is 27.0 Å². The second kappa shape index (κ2) is 8.76. The van der Waals surface area contributed by atoms with Crippen molar-refractivity contribution < 1.29 is 13.2 Å². The summed E-state index contributed by atoms with van der Waals surface area (Å²) in [6, 6.07) is 21.9. The Kier molecular flexibility index (Phi) is 6.14. The first-order chi connectivity index (χ1) is 14.3. The molecule has 0 spiro atoms. The molecule has 0 aliphatic rings. The summed E-state index contributed by atoms with van der Waals surface area (Å²) in [6.45, 7) is 3.79. The Morgan fingerprint density at radius 3 is 2.13 bits per heavy atom. The van der Waals surface area contributed by atoms with Crippen LogP contribution in [0.5, 0.6) is 0 Å². The maximum Gasteiger partial charge on any atom is 0.255 e. The van der Waals surface area contributed by atoms with Gasteiger partial charge in [0.05, 0.1) is 4.90 Å². The van der Waals surface area contributed by atoms with E-state index < -0.39 is 9.84 Å². The number of hydrogen-bond acceptors (Lipinski definition) is 4. The molecule has 0 saturated carbocycles. The first-order valence-corrected chi connectivity index (χ1v) is 10.7. The number of allylic oxidation sites excluding steroid dienone is 1. The Morgan fingerprint density at radius 1 is 0.933 bits per heavy atom. The lowest BCUT2D eigenvalue weighted by Gasteiger charge is -2.07. The van der Waals surface area contributed by atoms with Gasteiger partial charge in [-0.2, -0.15) is 5.26 Å². The highest BCUT2D eigenvalue weighted by molar-refractivity contribution is 7.95. The molecule has 0 aromatic heterocycles. The van der Waals surface area contributed by atoms with Gasteiger partial charge in [-0.3, -0.25) is 4.79 Å². The second-order valence-corrected chi connectivity index (χ2v) is 8.80. The summed E-state index contributed by atoms with van der Waals surface area (Å²) in [5.74, 6) is -0.274. The van der Waals surface area contributed by atoms with Gasteiger partial charge in [0.1, 0.15) is 11.0 Å². The van der Waals surface area contributed by atoms with E-state index in [1.165, 1.54) is 18.2 Å². The zero-order valence-electron chi connectivity index (χ0n) is 16.6. The SMILES string of the molecule is Cc1ccc(C(=O)Nc2cccc(/C=C(\C#N)S(=O)(=O)c3ccc(C)cc3)c2)cc1. The van der Waals surface area contributed by atoms with E-state index in [0.29, 0.717) is 16.8 Å². The number of anilines is 1. The molecule has 0 saturated heterocycles. The van der Waals surface area contributed by atoms with Gasteiger partial charge >= 0.3 is 0 Å². The third-order valence-corrected chi connectivity index (χ3v) is 6.17. The lowest BCUT2D eigenvalue weighted by Crippen LogP contribution is -2.11. The van der Waals surface area contributed by atoms with E-state index in [0.717, 1.165) is 11.1 Å². The quantitative estimate of drug-likeness (QED) is 0.600. The van der Waals surface area contributed by atoms with Crippen molar-refractivity contribution in [1.29, 1.82) is 5.26 Å².